The van der Waals surface area contributed by atoms with Crippen LogP contribution < -0.4 is 0 Å². The van der Waals surface area contributed by atoms with Crippen molar-refractivity contribution in [3.8, 4) is 0 Å². The van der Waals surface area contributed by atoms with Crippen molar-refractivity contribution in [2.45, 2.75) is 0 Å². The summed E-state index contributed by atoms with van der Waals surface area (Å²) in [5.41, 5.74) is 0. The topological polar surface area (TPSA) is 37.0 Å². The molecule has 0 aromatic rings. The molecule has 172 valence electrons. The molecule has 0 aromatic heterocycles. The molecular formula is C16H34Cl2N6O2P2Pt+2. The standard InChI is InChI=1S/2C8H16N3OP.2ClH.Pt/c2*1-2-9(1)13(10-3-4-10)11-5-7-12-8-6-11;;;/h2*1-8H2;2*1H;/q;;;;+2. The quantitative estimate of drug-likeness (QED) is 0.309. The van der Waals surface area contributed by atoms with Crippen LogP contribution in [0.5, 0.6) is 0 Å². The van der Waals surface area contributed by atoms with Crippen LogP contribution in [-0.4, -0.2) is 133 Å². The first-order chi connectivity index (χ1) is 14.3. The van der Waals surface area contributed by atoms with Crippen LogP contribution in [0.4, 0.5) is 0 Å². The van der Waals surface area contributed by atoms with Gasteiger partial charge in [-0.05, 0) is 0 Å². The Balaban J connectivity index is 0.000000125. The van der Waals surface area contributed by atoms with Gasteiger partial charge in [-0.15, -0.1) is 28.0 Å². The summed E-state index contributed by atoms with van der Waals surface area (Å²) in [4.78, 5) is 0. The molecule has 8 nitrogen and oxygen atoms in total. The third-order valence-corrected chi connectivity index (χ3v) is 11.6. The van der Waals surface area contributed by atoms with E-state index in [0.717, 1.165) is 52.6 Å². The minimum absolute atomic E-state index is 0.437. The zero-order valence-electron chi connectivity index (χ0n) is 16.9. The van der Waals surface area contributed by atoms with E-state index in [0.29, 0.717) is 0 Å². The number of hydrogen-bond acceptors (Lipinski definition) is 8. The number of ether oxygens (including phenoxy) is 2. The van der Waals surface area contributed by atoms with E-state index in [9.17, 15) is 0 Å². The molecule has 0 atom stereocenters. The molecule has 13 heteroatoms. The Labute approximate surface area is 193 Å². The van der Waals surface area contributed by atoms with Crippen LogP contribution in [0, 0.1) is 0 Å². The summed E-state index contributed by atoms with van der Waals surface area (Å²) in [6, 6.07) is 0. The Morgan fingerprint density at radius 2 is 0.655 bits per heavy atom. The molecule has 6 saturated heterocycles. The Hall–Kier alpha value is 1.81. The minimum atomic E-state index is -0.472. The molecule has 29 heavy (non-hydrogen) atoms. The summed E-state index contributed by atoms with van der Waals surface area (Å²) in [5, 5.41) is 0. The molecule has 0 aromatic carbocycles. The third kappa shape index (κ3) is 7.96. The molecule has 0 radical (unpaired) electrons. The van der Waals surface area contributed by atoms with E-state index in [1.54, 1.807) is 0 Å². The summed E-state index contributed by atoms with van der Waals surface area (Å²) < 4.78 is 26.7. The van der Waals surface area contributed by atoms with Gasteiger partial charge < -0.3 is 9.47 Å². The monoisotopic (exact) mass is 669 g/mol. The second-order valence-electron chi connectivity index (χ2n) is 7.79. The summed E-state index contributed by atoms with van der Waals surface area (Å²) >= 11 is -0.472. The van der Waals surface area contributed by atoms with Crippen molar-refractivity contribution in [2.75, 3.05) is 105 Å². The summed E-state index contributed by atoms with van der Waals surface area (Å²) in [7, 11) is 8.88. The first-order valence-corrected chi connectivity index (χ1v) is 18.8. The van der Waals surface area contributed by atoms with Gasteiger partial charge in [0.05, 0.1) is 105 Å². The molecule has 0 saturated carbocycles. The molecule has 0 aliphatic carbocycles. The van der Waals surface area contributed by atoms with Crippen LogP contribution in [0.25, 0.3) is 0 Å². The molecular weight excluding hydrogens is 636 g/mol. The van der Waals surface area contributed by atoms with E-state index < -0.39 is 33.2 Å². The maximum atomic E-state index is 5.39. The summed E-state index contributed by atoms with van der Waals surface area (Å²) in [6.45, 7) is 19.1. The Morgan fingerprint density at radius 3 is 0.862 bits per heavy atom. The second-order valence-corrected chi connectivity index (χ2v) is 16.1. The number of nitrogens with zero attached hydrogens (tertiary/aromatic N) is 6. The SMILES string of the molecule is C1CN([PH+](N2CC2)N2CC2)CCO1.C1CN([PH+](N2CC2)N2CC2)CCO1.[Cl][Pt][Cl]. The van der Waals surface area contributed by atoms with Crippen molar-refractivity contribution in [1.82, 2.24) is 28.0 Å². The van der Waals surface area contributed by atoms with Gasteiger partial charge in [-0.2, -0.15) is 0 Å². The first-order valence-electron chi connectivity index (χ1n) is 10.5. The van der Waals surface area contributed by atoms with E-state index >= 15 is 0 Å². The van der Waals surface area contributed by atoms with Gasteiger partial charge in [0.2, 0.25) is 16.7 Å². The van der Waals surface area contributed by atoms with Gasteiger partial charge in [-0.1, -0.05) is 0 Å². The van der Waals surface area contributed by atoms with Gasteiger partial charge in [0.15, 0.2) is 0 Å². The zero-order valence-corrected chi connectivity index (χ0v) is 22.7. The second kappa shape index (κ2) is 12.3. The zero-order chi connectivity index (χ0) is 20.1. The summed E-state index contributed by atoms with van der Waals surface area (Å²) in [6.07, 6.45) is 0. The van der Waals surface area contributed by atoms with Crippen molar-refractivity contribution >= 4 is 35.6 Å². The van der Waals surface area contributed by atoms with Gasteiger partial charge in [-0.3, -0.25) is 0 Å². The molecule has 6 rings (SSSR count). The third-order valence-electron chi connectivity index (χ3n) is 5.51. The van der Waals surface area contributed by atoms with Gasteiger partial charge in [0, 0.05) is 0 Å². The first kappa shape index (κ1) is 23.9. The molecule has 6 heterocycles. The van der Waals surface area contributed by atoms with Crippen LogP contribution in [-0.2, 0) is 26.0 Å². The van der Waals surface area contributed by atoms with Crippen molar-refractivity contribution in [3.05, 3.63) is 0 Å². The number of halogens is 2. The molecule has 0 N–H and O–H groups in total. The number of rotatable bonds is 6. The van der Waals surface area contributed by atoms with Crippen LogP contribution in [0.2, 0.25) is 0 Å². The Bertz CT molecular complexity index is 428. The molecule has 0 spiro atoms. The fraction of sp³-hybridized carbons (Fsp3) is 1.00. The fourth-order valence-corrected chi connectivity index (χ4v) is 9.29. The van der Waals surface area contributed by atoms with Gasteiger partial charge in [0.25, 0.3) is 0 Å². The van der Waals surface area contributed by atoms with Gasteiger partial charge in [0.1, 0.15) is 0 Å². The van der Waals surface area contributed by atoms with Crippen LogP contribution >= 0.6 is 35.6 Å². The van der Waals surface area contributed by atoms with Crippen molar-refractivity contribution in [2.24, 2.45) is 0 Å². The predicted molar refractivity (Wildman–Crippen MR) is 119 cm³/mol. The fourth-order valence-electron chi connectivity index (χ4n) is 3.73. The van der Waals surface area contributed by atoms with Gasteiger partial charge >= 0.3 is 35.3 Å². The molecule has 0 unspecified atom stereocenters. The molecule has 0 amide bonds. The number of hydrogen-bond donors (Lipinski definition) is 0. The normalized spacial score (nSPS) is 28.7. The Kier molecular flexibility index (Phi) is 10.2. The van der Waals surface area contributed by atoms with E-state index in [2.05, 4.69) is 28.0 Å². The van der Waals surface area contributed by atoms with E-state index in [1.165, 1.54) is 52.4 Å². The number of morpholine rings is 2. The summed E-state index contributed by atoms with van der Waals surface area (Å²) in [5.74, 6) is 0. The van der Waals surface area contributed by atoms with Gasteiger partial charge in [-0.25, -0.2) is 0 Å². The van der Waals surface area contributed by atoms with Crippen molar-refractivity contribution < 1.29 is 26.0 Å². The van der Waals surface area contributed by atoms with E-state index in [-0.39, 0.29) is 0 Å². The van der Waals surface area contributed by atoms with Crippen molar-refractivity contribution in [1.29, 1.82) is 0 Å². The molecule has 6 aliphatic rings. The Morgan fingerprint density at radius 1 is 0.448 bits per heavy atom. The average molecular weight is 670 g/mol. The molecule has 6 aliphatic heterocycles. The van der Waals surface area contributed by atoms with Crippen LogP contribution in [0.15, 0.2) is 0 Å². The van der Waals surface area contributed by atoms with Crippen molar-refractivity contribution in [3.63, 3.8) is 0 Å². The average Bonchev–Trinajstić information content (AvgIpc) is 3.59. The molecule has 6 fully saturated rings. The predicted octanol–water partition coefficient (Wildman–Crippen LogP) is 1.19. The van der Waals surface area contributed by atoms with Crippen LogP contribution in [0.3, 0.4) is 0 Å². The van der Waals surface area contributed by atoms with E-state index in [4.69, 9.17) is 28.3 Å². The maximum absolute atomic E-state index is 5.39. The van der Waals surface area contributed by atoms with E-state index in [1.807, 2.05) is 0 Å². The molecule has 0 bridgehead atoms. The van der Waals surface area contributed by atoms with Crippen LogP contribution in [0.1, 0.15) is 0 Å².